The lowest BCUT2D eigenvalue weighted by molar-refractivity contribution is 0.413. The first-order chi connectivity index (χ1) is 4.81. The summed E-state index contributed by atoms with van der Waals surface area (Å²) in [7, 11) is 2.03. The molecule has 0 radical (unpaired) electrons. The quantitative estimate of drug-likeness (QED) is 0.451. The van der Waals surface area contributed by atoms with Crippen LogP contribution in [0.15, 0.2) is 25.3 Å². The number of rotatable bonds is 4. The smallest absolute Gasteiger partial charge is 0.0160 e. The molecule has 2 heteroatoms. The number of nitrogens with zero attached hydrogens (tertiary/aromatic N) is 1. The number of halogens is 1. The largest absolute Gasteiger partial charge is 0.299 e. The lowest BCUT2D eigenvalue weighted by atomic mass is 10.5. The van der Waals surface area contributed by atoms with Crippen molar-refractivity contribution < 1.29 is 0 Å². The SMILES string of the molecule is C=CCN(C)CC=C.CCl. The minimum absolute atomic E-state index is 0.937. The van der Waals surface area contributed by atoms with Gasteiger partial charge in [0.15, 0.2) is 0 Å². The van der Waals surface area contributed by atoms with Gasteiger partial charge in [0.25, 0.3) is 0 Å². The second-order valence-corrected chi connectivity index (χ2v) is 1.80. The molecule has 0 N–H and O–H groups in total. The highest BCUT2D eigenvalue weighted by Gasteiger charge is 1.86. The Morgan fingerprint density at radius 3 is 1.70 bits per heavy atom. The Hall–Kier alpha value is -0.270. The van der Waals surface area contributed by atoms with Crippen LogP contribution in [0, 0.1) is 0 Å². The van der Waals surface area contributed by atoms with Gasteiger partial charge in [-0.1, -0.05) is 12.2 Å². The van der Waals surface area contributed by atoms with Gasteiger partial charge in [0.1, 0.15) is 0 Å². The fourth-order valence-corrected chi connectivity index (χ4v) is 0.515. The highest BCUT2D eigenvalue weighted by molar-refractivity contribution is 6.15. The molecule has 0 atom stereocenters. The first-order valence-corrected chi connectivity index (χ1v) is 3.85. The molecule has 1 nitrogen and oxygen atoms in total. The molecule has 0 aromatic rings. The van der Waals surface area contributed by atoms with Gasteiger partial charge in [0.2, 0.25) is 0 Å². The standard InChI is InChI=1S/C7H13N.CH3Cl/c1-4-6-8(3)7-5-2;1-2/h4-5H,1-2,6-7H2,3H3;1H3. The van der Waals surface area contributed by atoms with Gasteiger partial charge >= 0.3 is 0 Å². The predicted molar refractivity (Wildman–Crippen MR) is 49.7 cm³/mol. The second kappa shape index (κ2) is 11.5. The molecular formula is C8H16ClN. The fourth-order valence-electron chi connectivity index (χ4n) is 0.515. The molecule has 0 aromatic carbocycles. The van der Waals surface area contributed by atoms with E-state index in [1.807, 2.05) is 19.2 Å². The van der Waals surface area contributed by atoms with Crippen LogP contribution < -0.4 is 0 Å². The van der Waals surface area contributed by atoms with Crippen LogP contribution >= 0.6 is 11.6 Å². The van der Waals surface area contributed by atoms with Crippen molar-refractivity contribution in [2.75, 3.05) is 26.5 Å². The Kier molecular flexibility index (Phi) is 14.3. The third kappa shape index (κ3) is 10.7. The van der Waals surface area contributed by atoms with Gasteiger partial charge in [-0.15, -0.1) is 24.8 Å². The van der Waals surface area contributed by atoms with Crippen LogP contribution in [-0.2, 0) is 0 Å². The zero-order chi connectivity index (χ0) is 8.41. The van der Waals surface area contributed by atoms with Crippen molar-refractivity contribution in [3.05, 3.63) is 25.3 Å². The lowest BCUT2D eigenvalue weighted by Gasteiger charge is -2.09. The monoisotopic (exact) mass is 161 g/mol. The molecule has 0 bridgehead atoms. The molecule has 0 aromatic heterocycles. The van der Waals surface area contributed by atoms with E-state index < -0.39 is 0 Å². The molecule has 60 valence electrons. The maximum atomic E-state index is 4.64. The van der Waals surface area contributed by atoms with Gasteiger partial charge in [-0.25, -0.2) is 0 Å². The Balaban J connectivity index is 0. The van der Waals surface area contributed by atoms with Crippen LogP contribution in [0.3, 0.4) is 0 Å². The van der Waals surface area contributed by atoms with E-state index in [1.54, 1.807) is 0 Å². The molecule has 0 aliphatic carbocycles. The molecule has 0 saturated carbocycles. The van der Waals surface area contributed by atoms with Crippen LogP contribution in [0.2, 0.25) is 0 Å². The Bertz CT molecular complexity index is 71.3. The van der Waals surface area contributed by atoms with Crippen molar-refractivity contribution >= 4 is 11.6 Å². The Labute approximate surface area is 69.0 Å². The normalized spacial score (nSPS) is 8.00. The predicted octanol–water partition coefficient (Wildman–Crippen LogP) is 2.15. The fraction of sp³-hybridized carbons (Fsp3) is 0.500. The van der Waals surface area contributed by atoms with Crippen LogP contribution in [0.5, 0.6) is 0 Å². The van der Waals surface area contributed by atoms with Crippen molar-refractivity contribution in [2.45, 2.75) is 0 Å². The molecule has 0 aliphatic heterocycles. The Morgan fingerprint density at radius 2 is 1.50 bits per heavy atom. The molecular weight excluding hydrogens is 146 g/mol. The van der Waals surface area contributed by atoms with E-state index in [2.05, 4.69) is 29.7 Å². The number of hydrogen-bond acceptors (Lipinski definition) is 1. The molecule has 0 heterocycles. The van der Waals surface area contributed by atoms with E-state index >= 15 is 0 Å². The third-order valence-corrected chi connectivity index (χ3v) is 0.882. The highest BCUT2D eigenvalue weighted by atomic mass is 35.5. The van der Waals surface area contributed by atoms with Gasteiger partial charge in [-0.2, -0.15) is 0 Å². The summed E-state index contributed by atoms with van der Waals surface area (Å²) in [5, 5.41) is 0. The minimum Gasteiger partial charge on any atom is -0.299 e. The van der Waals surface area contributed by atoms with Gasteiger partial charge in [0, 0.05) is 19.5 Å². The van der Waals surface area contributed by atoms with E-state index in [4.69, 9.17) is 0 Å². The first-order valence-electron chi connectivity index (χ1n) is 3.09. The first kappa shape index (κ1) is 12.4. The molecule has 0 saturated heterocycles. The van der Waals surface area contributed by atoms with E-state index in [0.717, 1.165) is 13.1 Å². The number of hydrogen-bond donors (Lipinski definition) is 0. The third-order valence-electron chi connectivity index (χ3n) is 0.882. The Morgan fingerprint density at radius 1 is 1.20 bits per heavy atom. The summed E-state index contributed by atoms with van der Waals surface area (Å²) in [5.74, 6) is 0. The maximum absolute atomic E-state index is 4.64. The summed E-state index contributed by atoms with van der Waals surface area (Å²) in [5.41, 5.74) is 0. The van der Waals surface area contributed by atoms with Crippen molar-refractivity contribution in [3.8, 4) is 0 Å². The van der Waals surface area contributed by atoms with Gasteiger partial charge in [0.05, 0.1) is 0 Å². The summed E-state index contributed by atoms with van der Waals surface area (Å²) in [4.78, 5) is 2.12. The van der Waals surface area contributed by atoms with E-state index in [9.17, 15) is 0 Å². The molecule has 0 aliphatic rings. The zero-order valence-corrected chi connectivity index (χ0v) is 7.56. The van der Waals surface area contributed by atoms with Gasteiger partial charge < -0.3 is 0 Å². The summed E-state index contributed by atoms with van der Waals surface area (Å²) in [6.07, 6.45) is 5.23. The highest BCUT2D eigenvalue weighted by Crippen LogP contribution is 1.80. The molecule has 0 rings (SSSR count). The van der Waals surface area contributed by atoms with Crippen molar-refractivity contribution in [3.63, 3.8) is 0 Å². The molecule has 0 amide bonds. The minimum atomic E-state index is 0.937. The molecule has 0 spiro atoms. The number of alkyl halides is 1. The van der Waals surface area contributed by atoms with Crippen molar-refractivity contribution in [2.24, 2.45) is 0 Å². The second-order valence-electron chi connectivity index (χ2n) is 1.80. The molecule has 0 fully saturated rings. The maximum Gasteiger partial charge on any atom is 0.0160 e. The van der Waals surface area contributed by atoms with Gasteiger partial charge in [-0.05, 0) is 7.05 Å². The number of likely N-dealkylation sites (N-methyl/N-ethyl adjacent to an activating group) is 1. The molecule has 0 unspecified atom stereocenters. The zero-order valence-electron chi connectivity index (χ0n) is 6.81. The topological polar surface area (TPSA) is 3.24 Å². The van der Waals surface area contributed by atoms with Crippen LogP contribution in [0.4, 0.5) is 0 Å². The van der Waals surface area contributed by atoms with Gasteiger partial charge in [-0.3, -0.25) is 4.90 Å². The van der Waals surface area contributed by atoms with Crippen LogP contribution in [-0.4, -0.2) is 31.4 Å². The van der Waals surface area contributed by atoms with Crippen molar-refractivity contribution in [1.82, 2.24) is 4.90 Å². The summed E-state index contributed by atoms with van der Waals surface area (Å²) in [6, 6.07) is 0. The van der Waals surface area contributed by atoms with Crippen LogP contribution in [0.1, 0.15) is 0 Å². The van der Waals surface area contributed by atoms with E-state index in [1.165, 1.54) is 6.38 Å². The summed E-state index contributed by atoms with van der Waals surface area (Å²) >= 11 is 4.64. The summed E-state index contributed by atoms with van der Waals surface area (Å²) in [6.45, 7) is 9.09. The summed E-state index contributed by atoms with van der Waals surface area (Å²) < 4.78 is 0. The van der Waals surface area contributed by atoms with Crippen molar-refractivity contribution in [1.29, 1.82) is 0 Å². The van der Waals surface area contributed by atoms with E-state index in [0.29, 0.717) is 0 Å². The lowest BCUT2D eigenvalue weighted by Crippen LogP contribution is -2.17. The van der Waals surface area contributed by atoms with Crippen LogP contribution in [0.25, 0.3) is 0 Å². The molecule has 10 heavy (non-hydrogen) atoms. The van der Waals surface area contributed by atoms with E-state index in [-0.39, 0.29) is 0 Å². The average molecular weight is 162 g/mol. The average Bonchev–Trinajstić information content (AvgIpc) is 1.93.